The average Bonchev–Trinajstić information content (AvgIpc) is 2.94. The molecule has 10 heteroatoms. The number of nitrogens with one attached hydrogen (secondary N) is 2. The Morgan fingerprint density at radius 2 is 1.00 bits per heavy atom. The summed E-state index contributed by atoms with van der Waals surface area (Å²) < 4.78 is 32.0. The van der Waals surface area contributed by atoms with Crippen LogP contribution < -0.4 is 29.6 Å². The number of carbonyl (C=O) groups excluding carboxylic acids is 2. The molecule has 0 fully saturated rings. The third-order valence-electron chi connectivity index (χ3n) is 5.94. The molecule has 0 saturated carbocycles. The molecule has 0 saturated heterocycles. The molecule has 0 aromatic heterocycles. The molecule has 2 atom stereocenters. The average molecular weight is 533 g/mol. The van der Waals surface area contributed by atoms with Gasteiger partial charge in [-0.2, -0.15) is 0 Å². The van der Waals surface area contributed by atoms with Crippen molar-refractivity contribution in [3.05, 3.63) is 47.5 Å². The van der Waals surface area contributed by atoms with Gasteiger partial charge in [0.2, 0.25) is 0 Å². The van der Waals surface area contributed by atoms with Crippen LogP contribution in [0.25, 0.3) is 0 Å². The minimum Gasteiger partial charge on any atom is -0.493 e. The van der Waals surface area contributed by atoms with Gasteiger partial charge in [-0.05, 0) is 49.2 Å². The molecule has 0 heterocycles. The maximum absolute atomic E-state index is 12.7. The summed E-state index contributed by atoms with van der Waals surface area (Å²) in [6.07, 6.45) is 0. The van der Waals surface area contributed by atoms with Crippen molar-refractivity contribution in [1.29, 1.82) is 0 Å². The molecule has 2 rings (SSSR count). The molecule has 0 bridgehead atoms. The Morgan fingerprint density at radius 3 is 1.32 bits per heavy atom. The maximum atomic E-state index is 12.7. The molecule has 0 aliphatic heterocycles. The van der Waals surface area contributed by atoms with E-state index >= 15 is 0 Å². The number of esters is 2. The van der Waals surface area contributed by atoms with Crippen LogP contribution in [0.3, 0.4) is 0 Å². The summed E-state index contributed by atoms with van der Waals surface area (Å²) in [7, 11) is 6.23. The second-order valence-corrected chi connectivity index (χ2v) is 8.25. The van der Waals surface area contributed by atoms with Crippen molar-refractivity contribution in [2.75, 3.05) is 67.8 Å². The highest BCUT2D eigenvalue weighted by Crippen LogP contribution is 2.32. The molecular formula is C28H40N2O8. The van der Waals surface area contributed by atoms with Crippen molar-refractivity contribution in [1.82, 2.24) is 10.6 Å². The summed E-state index contributed by atoms with van der Waals surface area (Å²) in [6, 6.07) is 10.8. The zero-order valence-electron chi connectivity index (χ0n) is 23.1. The standard InChI is InChI=1S/C28H40N2O8/c1-7-37-27(31)21(19-9-11-23(33-3)25(15-19)35-5)17-29-13-14-30-18-22(28(32)38-8-2)20-10-12-24(34-4)26(16-20)36-6/h9-12,15-16,21-22,29-30H,7-8,13-14,17-18H2,1-6H3. The van der Waals surface area contributed by atoms with Gasteiger partial charge in [0, 0.05) is 26.2 Å². The molecule has 0 radical (unpaired) electrons. The van der Waals surface area contributed by atoms with Crippen LogP contribution in [0, 0.1) is 0 Å². The molecule has 0 aliphatic carbocycles. The number of carbonyl (C=O) groups is 2. The van der Waals surface area contributed by atoms with E-state index in [0.717, 1.165) is 11.1 Å². The van der Waals surface area contributed by atoms with Crippen molar-refractivity contribution in [2.24, 2.45) is 0 Å². The van der Waals surface area contributed by atoms with E-state index in [1.54, 1.807) is 66.6 Å². The van der Waals surface area contributed by atoms with Crippen LogP contribution in [0.2, 0.25) is 0 Å². The van der Waals surface area contributed by atoms with Crippen molar-refractivity contribution in [3.63, 3.8) is 0 Å². The first kappa shape index (κ1) is 30.7. The maximum Gasteiger partial charge on any atom is 0.314 e. The van der Waals surface area contributed by atoms with Gasteiger partial charge >= 0.3 is 11.9 Å². The Morgan fingerprint density at radius 1 is 0.632 bits per heavy atom. The predicted octanol–water partition coefficient (Wildman–Crippen LogP) is 2.89. The van der Waals surface area contributed by atoms with Gasteiger partial charge in [0.25, 0.3) is 0 Å². The number of ether oxygens (including phenoxy) is 6. The van der Waals surface area contributed by atoms with Crippen LogP contribution in [-0.2, 0) is 19.1 Å². The van der Waals surface area contributed by atoms with Gasteiger partial charge in [0.15, 0.2) is 23.0 Å². The minimum atomic E-state index is -0.520. The molecule has 10 nitrogen and oxygen atoms in total. The van der Waals surface area contributed by atoms with E-state index in [0.29, 0.717) is 49.2 Å². The molecule has 2 N–H and O–H groups in total. The van der Waals surface area contributed by atoms with Crippen LogP contribution in [0.15, 0.2) is 36.4 Å². The molecule has 0 amide bonds. The van der Waals surface area contributed by atoms with E-state index in [9.17, 15) is 9.59 Å². The van der Waals surface area contributed by atoms with E-state index in [4.69, 9.17) is 28.4 Å². The quantitative estimate of drug-likeness (QED) is 0.233. The van der Waals surface area contributed by atoms with Crippen LogP contribution in [0.5, 0.6) is 23.0 Å². The third-order valence-corrected chi connectivity index (χ3v) is 5.94. The first-order chi connectivity index (χ1) is 18.4. The highest BCUT2D eigenvalue weighted by molar-refractivity contribution is 5.79. The lowest BCUT2D eigenvalue weighted by molar-refractivity contribution is -0.145. The topological polar surface area (TPSA) is 114 Å². The number of hydrogen-bond donors (Lipinski definition) is 2. The first-order valence-electron chi connectivity index (χ1n) is 12.6. The van der Waals surface area contributed by atoms with E-state index in [1.165, 1.54) is 0 Å². The van der Waals surface area contributed by atoms with Crippen LogP contribution >= 0.6 is 0 Å². The highest BCUT2D eigenvalue weighted by atomic mass is 16.5. The van der Waals surface area contributed by atoms with Gasteiger partial charge in [-0.25, -0.2) is 0 Å². The zero-order chi connectivity index (χ0) is 27.9. The van der Waals surface area contributed by atoms with Crippen LogP contribution in [0.1, 0.15) is 36.8 Å². The Bertz CT molecular complexity index is 948. The lowest BCUT2D eigenvalue weighted by Crippen LogP contribution is -2.35. The van der Waals surface area contributed by atoms with Crippen molar-refractivity contribution in [2.45, 2.75) is 25.7 Å². The number of methoxy groups -OCH3 is 4. The molecular weight excluding hydrogens is 492 g/mol. The SMILES string of the molecule is CCOC(=O)C(CNCCNCC(C(=O)OCC)c1ccc(OC)c(OC)c1)c1ccc(OC)c(OC)c1. The Hall–Kier alpha value is -3.50. The summed E-state index contributed by atoms with van der Waals surface area (Å²) in [5, 5.41) is 6.60. The van der Waals surface area contributed by atoms with Gasteiger partial charge in [-0.15, -0.1) is 0 Å². The molecule has 2 aromatic rings. The predicted molar refractivity (Wildman–Crippen MR) is 144 cm³/mol. The van der Waals surface area contributed by atoms with E-state index < -0.39 is 11.8 Å². The summed E-state index contributed by atoms with van der Waals surface area (Å²) in [5.41, 5.74) is 1.52. The van der Waals surface area contributed by atoms with Gasteiger partial charge in [0.05, 0.1) is 53.5 Å². The van der Waals surface area contributed by atoms with Gasteiger partial charge in [-0.3, -0.25) is 9.59 Å². The lowest BCUT2D eigenvalue weighted by Gasteiger charge is -2.20. The monoisotopic (exact) mass is 532 g/mol. The minimum absolute atomic E-state index is 0.287. The smallest absolute Gasteiger partial charge is 0.314 e. The Labute approximate surface area is 224 Å². The van der Waals surface area contributed by atoms with Crippen molar-refractivity contribution >= 4 is 11.9 Å². The lowest BCUT2D eigenvalue weighted by atomic mass is 9.98. The van der Waals surface area contributed by atoms with Gasteiger partial charge in [-0.1, -0.05) is 12.1 Å². The fourth-order valence-corrected chi connectivity index (χ4v) is 3.97. The molecule has 38 heavy (non-hydrogen) atoms. The zero-order valence-corrected chi connectivity index (χ0v) is 23.1. The second kappa shape index (κ2) is 16.4. The number of hydrogen-bond acceptors (Lipinski definition) is 10. The third kappa shape index (κ3) is 8.53. The van der Waals surface area contributed by atoms with E-state index in [-0.39, 0.29) is 25.2 Å². The van der Waals surface area contributed by atoms with E-state index in [1.807, 2.05) is 12.1 Å². The Kier molecular flexibility index (Phi) is 13.2. The first-order valence-corrected chi connectivity index (χ1v) is 12.6. The second-order valence-electron chi connectivity index (χ2n) is 8.25. The summed E-state index contributed by atoms with van der Waals surface area (Å²) in [5.74, 6) is 0.570. The van der Waals surface area contributed by atoms with Crippen molar-refractivity contribution in [3.8, 4) is 23.0 Å². The summed E-state index contributed by atoms with van der Waals surface area (Å²) >= 11 is 0. The fraction of sp³-hybridized carbons (Fsp3) is 0.500. The summed E-state index contributed by atoms with van der Waals surface area (Å²) in [4.78, 5) is 25.4. The van der Waals surface area contributed by atoms with Crippen LogP contribution in [0.4, 0.5) is 0 Å². The molecule has 2 unspecified atom stereocenters. The number of benzene rings is 2. The highest BCUT2D eigenvalue weighted by Gasteiger charge is 2.25. The molecule has 2 aromatic carbocycles. The largest absolute Gasteiger partial charge is 0.493 e. The van der Waals surface area contributed by atoms with Crippen LogP contribution in [-0.4, -0.2) is 79.8 Å². The molecule has 0 spiro atoms. The number of rotatable bonds is 17. The van der Waals surface area contributed by atoms with E-state index in [2.05, 4.69) is 10.6 Å². The van der Waals surface area contributed by atoms with Gasteiger partial charge in [0.1, 0.15) is 0 Å². The normalized spacial score (nSPS) is 12.3. The summed E-state index contributed by atoms with van der Waals surface area (Å²) in [6.45, 7) is 5.99. The Balaban J connectivity index is 2.00. The molecule has 0 aliphatic rings. The molecule has 210 valence electrons. The van der Waals surface area contributed by atoms with Gasteiger partial charge < -0.3 is 39.1 Å². The fourth-order valence-electron chi connectivity index (χ4n) is 3.97. The van der Waals surface area contributed by atoms with Crippen molar-refractivity contribution < 1.29 is 38.0 Å².